The minimum absolute atomic E-state index is 0.0346. The van der Waals surface area contributed by atoms with Crippen molar-refractivity contribution < 1.29 is 9.53 Å². The summed E-state index contributed by atoms with van der Waals surface area (Å²) in [4.78, 5) is 20.8. The molecule has 3 heterocycles. The van der Waals surface area contributed by atoms with Crippen LogP contribution in [0.4, 0.5) is 0 Å². The SMILES string of the molecule is COC(=O)c1ccc(-n2cccc2C2C(c3ccccn3)NC(=S)N2CCN(C)C)cc1. The summed E-state index contributed by atoms with van der Waals surface area (Å²) in [5, 5.41) is 4.22. The van der Waals surface area contributed by atoms with E-state index in [4.69, 9.17) is 17.0 Å². The highest BCUT2D eigenvalue weighted by atomic mass is 32.1. The van der Waals surface area contributed by atoms with Crippen LogP contribution in [0.3, 0.4) is 0 Å². The molecule has 2 atom stereocenters. The summed E-state index contributed by atoms with van der Waals surface area (Å²) in [5.74, 6) is -0.348. The standard InChI is InChI=1S/C24H27N5O2S/c1-27(2)15-16-29-22(21(26-24(29)32)19-7-4-5-13-25-19)20-8-6-14-28(20)18-11-9-17(10-12-18)23(30)31-3/h4-14,21-22H,15-16H2,1-3H3,(H,26,32). The molecule has 2 unspecified atom stereocenters. The van der Waals surface area contributed by atoms with Crippen LogP contribution < -0.4 is 5.32 Å². The highest BCUT2D eigenvalue weighted by Crippen LogP contribution is 2.39. The quantitative estimate of drug-likeness (QED) is 0.439. The zero-order valence-electron chi connectivity index (χ0n) is 18.4. The van der Waals surface area contributed by atoms with Gasteiger partial charge in [0.2, 0.25) is 0 Å². The lowest BCUT2D eigenvalue weighted by Crippen LogP contribution is -2.36. The minimum atomic E-state index is -0.348. The number of carbonyl (C=O) groups excluding carboxylic acids is 1. The van der Waals surface area contributed by atoms with Crippen molar-refractivity contribution in [2.75, 3.05) is 34.3 Å². The van der Waals surface area contributed by atoms with E-state index >= 15 is 0 Å². The third-order valence-electron chi connectivity index (χ3n) is 5.64. The molecule has 0 radical (unpaired) electrons. The normalized spacial score (nSPS) is 18.1. The molecule has 4 rings (SSSR count). The van der Waals surface area contributed by atoms with Gasteiger partial charge in [-0.25, -0.2) is 4.79 Å². The Balaban J connectivity index is 1.74. The van der Waals surface area contributed by atoms with E-state index < -0.39 is 0 Å². The highest BCUT2D eigenvalue weighted by Gasteiger charge is 2.41. The van der Waals surface area contributed by atoms with E-state index in [0.29, 0.717) is 5.56 Å². The second-order valence-electron chi connectivity index (χ2n) is 7.96. The van der Waals surface area contributed by atoms with Crippen molar-refractivity contribution in [2.24, 2.45) is 0 Å². The molecule has 1 saturated heterocycles. The van der Waals surface area contributed by atoms with Gasteiger partial charge in [-0.1, -0.05) is 6.07 Å². The molecule has 0 aliphatic carbocycles. The first-order valence-electron chi connectivity index (χ1n) is 10.5. The number of esters is 1. The van der Waals surface area contributed by atoms with Crippen molar-refractivity contribution in [2.45, 2.75) is 12.1 Å². The first kappa shape index (κ1) is 22.0. The molecule has 0 saturated carbocycles. The van der Waals surface area contributed by atoms with Crippen LogP contribution >= 0.6 is 12.2 Å². The van der Waals surface area contributed by atoms with E-state index in [1.165, 1.54) is 7.11 Å². The van der Waals surface area contributed by atoms with Gasteiger partial charge in [0.15, 0.2) is 5.11 Å². The maximum absolute atomic E-state index is 11.8. The van der Waals surface area contributed by atoms with Crippen LogP contribution in [0.2, 0.25) is 0 Å². The fourth-order valence-corrected chi connectivity index (χ4v) is 4.35. The average Bonchev–Trinajstić information content (AvgIpc) is 3.42. The van der Waals surface area contributed by atoms with Gasteiger partial charge in [-0.3, -0.25) is 4.98 Å². The molecule has 0 bridgehead atoms. The Bertz CT molecular complexity index is 1080. The lowest BCUT2D eigenvalue weighted by molar-refractivity contribution is 0.0600. The number of ether oxygens (including phenoxy) is 1. The summed E-state index contributed by atoms with van der Waals surface area (Å²) in [5.41, 5.74) is 3.52. The number of rotatable bonds is 7. The number of hydrogen-bond acceptors (Lipinski definition) is 5. The van der Waals surface area contributed by atoms with E-state index in [1.54, 1.807) is 12.1 Å². The summed E-state index contributed by atoms with van der Waals surface area (Å²) in [6.45, 7) is 1.67. The molecule has 1 N–H and O–H groups in total. The molecule has 2 aromatic heterocycles. The maximum atomic E-state index is 11.8. The minimum Gasteiger partial charge on any atom is -0.465 e. The first-order chi connectivity index (χ1) is 15.5. The Hall–Kier alpha value is -3.23. The molecule has 7 nitrogen and oxygen atoms in total. The van der Waals surface area contributed by atoms with Gasteiger partial charge in [0.05, 0.1) is 30.5 Å². The zero-order valence-corrected chi connectivity index (χ0v) is 19.2. The monoisotopic (exact) mass is 449 g/mol. The van der Waals surface area contributed by atoms with Crippen LogP contribution in [0.5, 0.6) is 0 Å². The Labute approximate surface area is 193 Å². The highest BCUT2D eigenvalue weighted by molar-refractivity contribution is 7.80. The van der Waals surface area contributed by atoms with Crippen LogP contribution in [0.1, 0.15) is 33.8 Å². The van der Waals surface area contributed by atoms with E-state index in [-0.39, 0.29) is 18.1 Å². The number of benzene rings is 1. The summed E-state index contributed by atoms with van der Waals surface area (Å²) >= 11 is 5.75. The smallest absolute Gasteiger partial charge is 0.337 e. The van der Waals surface area contributed by atoms with Gasteiger partial charge < -0.3 is 24.4 Å². The Morgan fingerprint density at radius 1 is 1.16 bits per heavy atom. The van der Waals surface area contributed by atoms with Gasteiger partial charge in [0.25, 0.3) is 0 Å². The van der Waals surface area contributed by atoms with Crippen LogP contribution in [0, 0.1) is 0 Å². The van der Waals surface area contributed by atoms with Crippen molar-refractivity contribution in [1.82, 2.24) is 24.7 Å². The molecule has 8 heteroatoms. The van der Waals surface area contributed by atoms with E-state index in [2.05, 4.69) is 44.8 Å². The van der Waals surface area contributed by atoms with Gasteiger partial charge in [-0.05, 0) is 74.8 Å². The number of carbonyl (C=O) groups is 1. The van der Waals surface area contributed by atoms with E-state index in [0.717, 1.165) is 35.3 Å². The molecular weight excluding hydrogens is 422 g/mol. The summed E-state index contributed by atoms with van der Waals surface area (Å²) in [6, 6.07) is 17.4. The topological polar surface area (TPSA) is 62.6 Å². The van der Waals surface area contributed by atoms with Gasteiger partial charge >= 0.3 is 5.97 Å². The Morgan fingerprint density at radius 2 is 1.94 bits per heavy atom. The molecule has 166 valence electrons. The van der Waals surface area contributed by atoms with E-state index in [1.807, 2.05) is 48.8 Å². The summed E-state index contributed by atoms with van der Waals surface area (Å²) < 4.78 is 6.96. The number of thiocarbonyl (C=S) groups is 1. The molecule has 1 aromatic carbocycles. The molecule has 32 heavy (non-hydrogen) atoms. The van der Waals surface area contributed by atoms with Crippen LogP contribution in [0.25, 0.3) is 5.69 Å². The predicted octanol–water partition coefficient (Wildman–Crippen LogP) is 3.19. The van der Waals surface area contributed by atoms with Gasteiger partial charge in [-0.15, -0.1) is 0 Å². The fraction of sp³-hybridized carbons (Fsp3) is 0.292. The number of aromatic nitrogens is 2. The molecule has 0 spiro atoms. The van der Waals surface area contributed by atoms with Crippen molar-refractivity contribution in [3.8, 4) is 5.69 Å². The van der Waals surface area contributed by atoms with E-state index in [9.17, 15) is 4.79 Å². The van der Waals surface area contributed by atoms with Crippen LogP contribution in [0.15, 0.2) is 67.0 Å². The lowest BCUT2D eigenvalue weighted by atomic mass is 10.0. The second kappa shape index (κ2) is 9.50. The van der Waals surface area contributed by atoms with Crippen molar-refractivity contribution in [3.63, 3.8) is 0 Å². The Kier molecular flexibility index (Phi) is 6.53. The van der Waals surface area contributed by atoms with Gasteiger partial charge in [0.1, 0.15) is 0 Å². The van der Waals surface area contributed by atoms with Gasteiger partial charge in [-0.2, -0.15) is 0 Å². The predicted molar refractivity (Wildman–Crippen MR) is 128 cm³/mol. The largest absolute Gasteiger partial charge is 0.465 e. The zero-order chi connectivity index (χ0) is 22.7. The summed E-state index contributed by atoms with van der Waals surface area (Å²) in [6.07, 6.45) is 3.84. The van der Waals surface area contributed by atoms with Crippen molar-refractivity contribution in [3.05, 3.63) is 83.9 Å². The fourth-order valence-electron chi connectivity index (χ4n) is 4.02. The second-order valence-corrected chi connectivity index (χ2v) is 8.35. The van der Waals surface area contributed by atoms with Crippen molar-refractivity contribution in [1.29, 1.82) is 0 Å². The van der Waals surface area contributed by atoms with Crippen molar-refractivity contribution >= 4 is 23.3 Å². The molecule has 1 aliphatic heterocycles. The molecule has 1 aliphatic rings. The third kappa shape index (κ3) is 4.37. The number of likely N-dealkylation sites (N-methyl/N-ethyl adjacent to an activating group) is 1. The number of nitrogens with one attached hydrogen (secondary N) is 1. The average molecular weight is 450 g/mol. The first-order valence-corrected chi connectivity index (χ1v) is 10.9. The number of methoxy groups -OCH3 is 1. The van der Waals surface area contributed by atoms with Crippen LogP contribution in [-0.4, -0.2) is 64.7 Å². The summed E-state index contributed by atoms with van der Waals surface area (Å²) in [7, 11) is 5.50. The molecular formula is C24H27N5O2S. The molecule has 1 fully saturated rings. The lowest BCUT2D eigenvalue weighted by Gasteiger charge is -2.29. The van der Waals surface area contributed by atoms with Gasteiger partial charge in [0, 0.05) is 36.9 Å². The van der Waals surface area contributed by atoms with Crippen LogP contribution in [-0.2, 0) is 4.74 Å². The molecule has 0 amide bonds. The number of nitrogens with zero attached hydrogens (tertiary/aromatic N) is 4. The maximum Gasteiger partial charge on any atom is 0.337 e. The third-order valence-corrected chi connectivity index (χ3v) is 5.99. The number of pyridine rings is 1. The number of hydrogen-bond donors (Lipinski definition) is 1. The molecule has 3 aromatic rings. The Morgan fingerprint density at radius 3 is 2.59 bits per heavy atom.